The zero-order chi connectivity index (χ0) is 25.9. The van der Waals surface area contributed by atoms with Gasteiger partial charge in [0.1, 0.15) is 11.6 Å². The molecule has 3 aromatic carbocycles. The molecule has 0 saturated heterocycles. The molecule has 1 heterocycles. The minimum absolute atomic E-state index is 0.00938. The Morgan fingerprint density at radius 1 is 1.03 bits per heavy atom. The third kappa shape index (κ3) is 5.38. The van der Waals surface area contributed by atoms with Crippen molar-refractivity contribution in [3.8, 4) is 17.0 Å². The number of aryl methyl sites for hydroxylation is 1. The van der Waals surface area contributed by atoms with Crippen molar-refractivity contribution in [3.63, 3.8) is 0 Å². The standard InChI is InChI=1S/C29H27FN4O3/c1-18-5-9-21(10-6-18)28(36)32-23-13-14-27(35)24(15-23)25-16-26(20-3-2-4-20)34(33-25)29(37)31-17-19-7-11-22(30)12-8-19/h5-16,20,35H,2-4,17H2,1H3,(H,31,37)(H,32,36). The van der Waals surface area contributed by atoms with Crippen molar-refractivity contribution in [2.45, 2.75) is 38.6 Å². The quantitative estimate of drug-likeness (QED) is 0.285. The lowest BCUT2D eigenvalue weighted by Gasteiger charge is -2.25. The fourth-order valence-corrected chi connectivity index (χ4v) is 4.27. The third-order valence-electron chi connectivity index (χ3n) is 6.65. The molecule has 0 unspecified atom stereocenters. The van der Waals surface area contributed by atoms with Crippen LogP contribution < -0.4 is 10.6 Å². The molecular formula is C29H27FN4O3. The van der Waals surface area contributed by atoms with E-state index in [1.54, 1.807) is 36.4 Å². The van der Waals surface area contributed by atoms with E-state index in [-0.39, 0.29) is 29.9 Å². The molecule has 188 valence electrons. The van der Waals surface area contributed by atoms with Gasteiger partial charge in [0.25, 0.3) is 5.91 Å². The predicted octanol–water partition coefficient (Wildman–Crippen LogP) is 5.98. The van der Waals surface area contributed by atoms with E-state index in [1.807, 2.05) is 25.1 Å². The van der Waals surface area contributed by atoms with Crippen molar-refractivity contribution >= 4 is 17.6 Å². The van der Waals surface area contributed by atoms with Gasteiger partial charge in [-0.15, -0.1) is 0 Å². The topological polar surface area (TPSA) is 96.2 Å². The minimum atomic E-state index is -0.402. The molecule has 2 amide bonds. The highest BCUT2D eigenvalue weighted by molar-refractivity contribution is 6.04. The monoisotopic (exact) mass is 498 g/mol. The molecule has 3 N–H and O–H groups in total. The summed E-state index contributed by atoms with van der Waals surface area (Å²) >= 11 is 0. The summed E-state index contributed by atoms with van der Waals surface area (Å²) in [5.41, 5.74) is 4.46. The van der Waals surface area contributed by atoms with Crippen LogP contribution in [0, 0.1) is 12.7 Å². The SMILES string of the molecule is Cc1ccc(C(=O)Nc2ccc(O)c(-c3cc(C4CCC4)n(C(=O)NCc4ccc(F)cc4)n3)c2)cc1. The number of rotatable bonds is 6. The molecule has 1 aromatic heterocycles. The number of halogens is 1. The van der Waals surface area contributed by atoms with Gasteiger partial charge in [-0.25, -0.2) is 9.18 Å². The number of benzene rings is 3. The first-order valence-corrected chi connectivity index (χ1v) is 12.2. The van der Waals surface area contributed by atoms with Gasteiger partial charge in [0, 0.05) is 29.3 Å². The highest BCUT2D eigenvalue weighted by atomic mass is 19.1. The first kappa shape index (κ1) is 24.2. The Balaban J connectivity index is 1.39. The molecule has 1 aliphatic rings. The summed E-state index contributed by atoms with van der Waals surface area (Å²) in [5, 5.41) is 20.8. The van der Waals surface area contributed by atoms with Crippen molar-refractivity contribution in [1.82, 2.24) is 15.1 Å². The molecule has 1 saturated carbocycles. The molecule has 5 rings (SSSR count). The van der Waals surface area contributed by atoms with Gasteiger partial charge in [-0.05, 0) is 73.9 Å². The number of anilines is 1. The Labute approximate surface area is 214 Å². The van der Waals surface area contributed by atoms with E-state index in [4.69, 9.17) is 0 Å². The zero-order valence-electron chi connectivity index (χ0n) is 20.4. The molecule has 0 atom stereocenters. The maximum absolute atomic E-state index is 13.2. The van der Waals surface area contributed by atoms with E-state index in [0.29, 0.717) is 22.5 Å². The van der Waals surface area contributed by atoms with E-state index < -0.39 is 6.03 Å². The van der Waals surface area contributed by atoms with Gasteiger partial charge < -0.3 is 15.7 Å². The summed E-state index contributed by atoms with van der Waals surface area (Å²) < 4.78 is 14.5. The number of aromatic hydroxyl groups is 1. The van der Waals surface area contributed by atoms with E-state index in [9.17, 15) is 19.1 Å². The van der Waals surface area contributed by atoms with E-state index >= 15 is 0 Å². The largest absolute Gasteiger partial charge is 0.507 e. The molecular weight excluding hydrogens is 471 g/mol. The molecule has 1 aliphatic carbocycles. The molecule has 37 heavy (non-hydrogen) atoms. The van der Waals surface area contributed by atoms with Crippen LogP contribution in [0.25, 0.3) is 11.3 Å². The van der Waals surface area contributed by atoms with Gasteiger partial charge in [0.2, 0.25) is 0 Å². The normalized spacial score (nSPS) is 13.1. The molecule has 0 spiro atoms. The highest BCUT2D eigenvalue weighted by Gasteiger charge is 2.27. The average molecular weight is 499 g/mol. The van der Waals surface area contributed by atoms with Crippen LogP contribution in [0.2, 0.25) is 0 Å². The zero-order valence-corrected chi connectivity index (χ0v) is 20.4. The summed E-state index contributed by atoms with van der Waals surface area (Å²) in [6.07, 6.45) is 2.98. The smallest absolute Gasteiger partial charge is 0.342 e. The molecule has 0 radical (unpaired) electrons. The third-order valence-corrected chi connectivity index (χ3v) is 6.65. The number of phenols is 1. The average Bonchev–Trinajstić information content (AvgIpc) is 3.28. The van der Waals surface area contributed by atoms with Crippen LogP contribution in [0.4, 0.5) is 14.9 Å². The Morgan fingerprint density at radius 3 is 2.43 bits per heavy atom. The molecule has 1 fully saturated rings. The Kier molecular flexibility index (Phi) is 6.72. The number of phenolic OH excluding ortho intramolecular Hbond substituents is 1. The molecule has 4 aromatic rings. The van der Waals surface area contributed by atoms with Crippen LogP contribution in [0.15, 0.2) is 72.8 Å². The first-order chi connectivity index (χ1) is 17.9. The van der Waals surface area contributed by atoms with Crippen molar-refractivity contribution in [2.24, 2.45) is 0 Å². The number of carbonyl (C=O) groups excluding carboxylic acids is 2. The molecule has 8 heteroatoms. The van der Waals surface area contributed by atoms with Crippen LogP contribution in [0.3, 0.4) is 0 Å². The van der Waals surface area contributed by atoms with Gasteiger partial charge >= 0.3 is 6.03 Å². The van der Waals surface area contributed by atoms with Crippen molar-refractivity contribution in [3.05, 3.63) is 101 Å². The minimum Gasteiger partial charge on any atom is -0.507 e. The van der Waals surface area contributed by atoms with Crippen molar-refractivity contribution in [2.75, 3.05) is 5.32 Å². The molecule has 7 nitrogen and oxygen atoms in total. The maximum Gasteiger partial charge on any atom is 0.342 e. The molecule has 0 bridgehead atoms. The summed E-state index contributed by atoms with van der Waals surface area (Å²) in [5.74, 6) is -0.414. The summed E-state index contributed by atoms with van der Waals surface area (Å²) in [6.45, 7) is 2.18. The van der Waals surface area contributed by atoms with E-state index in [1.165, 1.54) is 22.9 Å². The second-order valence-electron chi connectivity index (χ2n) is 9.33. The summed E-state index contributed by atoms with van der Waals surface area (Å²) in [7, 11) is 0. The number of aromatic nitrogens is 2. The highest BCUT2D eigenvalue weighted by Crippen LogP contribution is 2.39. The Hall–Kier alpha value is -4.46. The number of hydrogen-bond donors (Lipinski definition) is 3. The maximum atomic E-state index is 13.2. The van der Waals surface area contributed by atoms with E-state index in [0.717, 1.165) is 36.1 Å². The lowest BCUT2D eigenvalue weighted by Crippen LogP contribution is -2.31. The van der Waals surface area contributed by atoms with Crippen LogP contribution in [-0.4, -0.2) is 26.8 Å². The second-order valence-corrected chi connectivity index (χ2v) is 9.33. The van der Waals surface area contributed by atoms with Gasteiger partial charge in [0.15, 0.2) is 0 Å². The van der Waals surface area contributed by atoms with Gasteiger partial charge in [-0.2, -0.15) is 9.78 Å². The predicted molar refractivity (Wildman–Crippen MR) is 139 cm³/mol. The summed E-state index contributed by atoms with van der Waals surface area (Å²) in [6, 6.07) is 19.4. The summed E-state index contributed by atoms with van der Waals surface area (Å²) in [4.78, 5) is 25.8. The second kappa shape index (κ2) is 10.3. The number of hydrogen-bond acceptors (Lipinski definition) is 4. The van der Waals surface area contributed by atoms with Gasteiger partial charge in [-0.3, -0.25) is 4.79 Å². The van der Waals surface area contributed by atoms with Crippen LogP contribution in [0.1, 0.15) is 52.4 Å². The van der Waals surface area contributed by atoms with Crippen LogP contribution in [-0.2, 0) is 6.54 Å². The number of amides is 2. The van der Waals surface area contributed by atoms with Crippen LogP contribution in [0.5, 0.6) is 5.75 Å². The molecule has 0 aliphatic heterocycles. The lowest BCUT2D eigenvalue weighted by molar-refractivity contribution is 0.102. The Bertz CT molecular complexity index is 1440. The van der Waals surface area contributed by atoms with Crippen molar-refractivity contribution in [1.29, 1.82) is 0 Å². The fraction of sp³-hybridized carbons (Fsp3) is 0.207. The number of carbonyl (C=O) groups is 2. The van der Waals surface area contributed by atoms with Gasteiger partial charge in [0.05, 0.1) is 11.4 Å². The number of nitrogens with zero attached hydrogens (tertiary/aromatic N) is 2. The fourth-order valence-electron chi connectivity index (χ4n) is 4.27. The van der Waals surface area contributed by atoms with E-state index in [2.05, 4.69) is 15.7 Å². The Morgan fingerprint density at radius 2 is 1.76 bits per heavy atom. The lowest BCUT2D eigenvalue weighted by atomic mass is 9.82. The number of nitrogens with one attached hydrogen (secondary N) is 2. The van der Waals surface area contributed by atoms with Gasteiger partial charge in [-0.1, -0.05) is 36.2 Å². The first-order valence-electron chi connectivity index (χ1n) is 12.2. The van der Waals surface area contributed by atoms with Crippen LogP contribution >= 0.6 is 0 Å². The van der Waals surface area contributed by atoms with Crippen molar-refractivity contribution < 1.29 is 19.1 Å².